The molecule has 0 bridgehead atoms. The molecule has 0 amide bonds. The van der Waals surface area contributed by atoms with Crippen molar-refractivity contribution in [2.75, 3.05) is 0 Å². The van der Waals surface area contributed by atoms with E-state index in [0.29, 0.717) is 5.52 Å². The molecule has 0 spiro atoms. The van der Waals surface area contributed by atoms with Crippen LogP contribution in [0, 0.1) is 11.6 Å². The van der Waals surface area contributed by atoms with Gasteiger partial charge in [-0.25, -0.2) is 18.3 Å². The molecule has 1 N–H and O–H groups in total. The molecule has 0 aliphatic heterocycles. The third kappa shape index (κ3) is 1.89. The molecule has 0 saturated heterocycles. The van der Waals surface area contributed by atoms with Gasteiger partial charge in [-0.05, 0) is 24.3 Å². The Bertz CT molecular complexity index is 809. The largest absolute Gasteiger partial charge is 0.478 e. The van der Waals surface area contributed by atoms with Gasteiger partial charge in [0.25, 0.3) is 0 Å². The minimum Gasteiger partial charge on any atom is -0.478 e. The van der Waals surface area contributed by atoms with Gasteiger partial charge in [-0.15, -0.1) is 5.10 Å². The fourth-order valence-electron chi connectivity index (χ4n) is 1.97. The molecule has 0 aliphatic rings. The molecule has 0 unspecified atom stereocenters. The third-order valence-electron chi connectivity index (χ3n) is 2.80. The van der Waals surface area contributed by atoms with E-state index in [1.807, 2.05) is 0 Å². The molecule has 2 aromatic carbocycles. The van der Waals surface area contributed by atoms with E-state index in [1.54, 1.807) is 6.07 Å². The van der Waals surface area contributed by atoms with Crippen LogP contribution in [0.3, 0.4) is 0 Å². The molecule has 7 heteroatoms. The Morgan fingerprint density at radius 1 is 1.15 bits per heavy atom. The first-order valence-electron chi connectivity index (χ1n) is 5.60. The van der Waals surface area contributed by atoms with Crippen molar-refractivity contribution >= 4 is 17.0 Å². The summed E-state index contributed by atoms with van der Waals surface area (Å²) in [7, 11) is 0. The molecule has 3 rings (SSSR count). The molecule has 0 atom stereocenters. The van der Waals surface area contributed by atoms with Gasteiger partial charge in [0.15, 0.2) is 0 Å². The molecule has 3 aromatic rings. The Labute approximate surface area is 111 Å². The maximum atomic E-state index is 13.2. The van der Waals surface area contributed by atoms with E-state index < -0.39 is 17.6 Å². The molecular formula is C13H7F2N3O2. The summed E-state index contributed by atoms with van der Waals surface area (Å²) in [6, 6.07) is 7.39. The fraction of sp³-hybridized carbons (Fsp3) is 0. The standard InChI is InChI=1S/C13H7F2N3O2/c14-7-4-8(15)6-9(5-7)18-11-3-1-2-10(13(19)20)12(11)16-17-18/h1-6H,(H,19,20). The number of hydrogen-bond donors (Lipinski definition) is 1. The second kappa shape index (κ2) is 4.37. The average molecular weight is 275 g/mol. The second-order valence-corrected chi connectivity index (χ2v) is 4.11. The van der Waals surface area contributed by atoms with Crippen LogP contribution in [0.5, 0.6) is 0 Å². The zero-order valence-corrected chi connectivity index (χ0v) is 9.92. The van der Waals surface area contributed by atoms with E-state index >= 15 is 0 Å². The summed E-state index contributed by atoms with van der Waals surface area (Å²) in [5.41, 5.74) is 0.623. The number of halogens is 2. The lowest BCUT2D eigenvalue weighted by Gasteiger charge is -2.03. The van der Waals surface area contributed by atoms with Crippen LogP contribution in [0.15, 0.2) is 36.4 Å². The fourth-order valence-corrected chi connectivity index (χ4v) is 1.97. The lowest BCUT2D eigenvalue weighted by molar-refractivity contribution is 0.0699. The zero-order chi connectivity index (χ0) is 14.3. The lowest BCUT2D eigenvalue weighted by Crippen LogP contribution is -1.99. The Morgan fingerprint density at radius 3 is 2.50 bits per heavy atom. The van der Waals surface area contributed by atoms with Crippen LogP contribution in [0.4, 0.5) is 8.78 Å². The van der Waals surface area contributed by atoms with E-state index in [9.17, 15) is 13.6 Å². The predicted octanol–water partition coefficient (Wildman–Crippen LogP) is 2.40. The zero-order valence-electron chi connectivity index (χ0n) is 9.92. The molecule has 0 aliphatic carbocycles. The normalized spacial score (nSPS) is 10.9. The summed E-state index contributed by atoms with van der Waals surface area (Å²) >= 11 is 0. The first-order chi connectivity index (χ1) is 9.56. The average Bonchev–Trinajstić information content (AvgIpc) is 2.80. The molecule has 20 heavy (non-hydrogen) atoms. The summed E-state index contributed by atoms with van der Waals surface area (Å²) in [6.07, 6.45) is 0. The molecule has 1 aromatic heterocycles. The van der Waals surface area contributed by atoms with Gasteiger partial charge in [0.1, 0.15) is 17.2 Å². The number of rotatable bonds is 2. The monoisotopic (exact) mass is 275 g/mol. The molecule has 100 valence electrons. The highest BCUT2D eigenvalue weighted by Crippen LogP contribution is 2.20. The smallest absolute Gasteiger partial charge is 0.338 e. The number of carboxylic acids is 1. The topological polar surface area (TPSA) is 68.0 Å². The number of aromatic nitrogens is 3. The Hall–Kier alpha value is -2.83. The highest BCUT2D eigenvalue weighted by molar-refractivity contribution is 6.00. The van der Waals surface area contributed by atoms with E-state index in [4.69, 9.17) is 5.11 Å². The molecule has 1 heterocycles. The Kier molecular flexibility index (Phi) is 2.67. The Morgan fingerprint density at radius 2 is 1.85 bits per heavy atom. The summed E-state index contributed by atoms with van der Waals surface area (Å²) in [5.74, 6) is -2.65. The molecule has 0 saturated carbocycles. The maximum Gasteiger partial charge on any atom is 0.338 e. The van der Waals surface area contributed by atoms with Crippen LogP contribution in [0.2, 0.25) is 0 Å². The quantitative estimate of drug-likeness (QED) is 0.779. The van der Waals surface area contributed by atoms with Gasteiger partial charge in [0.2, 0.25) is 0 Å². The minimum absolute atomic E-state index is 0.0226. The number of carbonyl (C=O) groups is 1. The number of aromatic carboxylic acids is 1. The summed E-state index contributed by atoms with van der Waals surface area (Å²) in [5, 5.41) is 16.6. The van der Waals surface area contributed by atoms with Crippen molar-refractivity contribution in [3.63, 3.8) is 0 Å². The number of nitrogens with zero attached hydrogens (tertiary/aromatic N) is 3. The third-order valence-corrected chi connectivity index (χ3v) is 2.80. The van der Waals surface area contributed by atoms with Crippen molar-refractivity contribution in [2.24, 2.45) is 0 Å². The van der Waals surface area contributed by atoms with E-state index in [0.717, 1.165) is 18.2 Å². The van der Waals surface area contributed by atoms with Gasteiger partial charge >= 0.3 is 5.97 Å². The predicted molar refractivity (Wildman–Crippen MR) is 65.7 cm³/mol. The van der Waals surface area contributed by atoms with Gasteiger partial charge in [-0.1, -0.05) is 11.3 Å². The SMILES string of the molecule is O=C(O)c1cccc2c1nnn2-c1cc(F)cc(F)c1. The number of hydrogen-bond acceptors (Lipinski definition) is 3. The number of fused-ring (bicyclic) bond motifs is 1. The van der Waals surface area contributed by atoms with Crippen LogP contribution in [0.25, 0.3) is 16.7 Å². The van der Waals surface area contributed by atoms with Gasteiger partial charge < -0.3 is 5.11 Å². The summed E-state index contributed by atoms with van der Waals surface area (Å²) < 4.78 is 27.7. The van der Waals surface area contributed by atoms with E-state index in [2.05, 4.69) is 10.3 Å². The molecule has 0 radical (unpaired) electrons. The van der Waals surface area contributed by atoms with Gasteiger partial charge in [-0.3, -0.25) is 0 Å². The van der Waals surface area contributed by atoms with Crippen LogP contribution in [0.1, 0.15) is 10.4 Å². The van der Waals surface area contributed by atoms with Crippen molar-refractivity contribution < 1.29 is 18.7 Å². The van der Waals surface area contributed by atoms with Crippen LogP contribution < -0.4 is 0 Å². The highest BCUT2D eigenvalue weighted by Gasteiger charge is 2.15. The maximum absolute atomic E-state index is 13.2. The van der Waals surface area contributed by atoms with Crippen molar-refractivity contribution in [1.29, 1.82) is 0 Å². The van der Waals surface area contributed by atoms with Crippen molar-refractivity contribution in [3.8, 4) is 5.69 Å². The van der Waals surface area contributed by atoms with Gasteiger partial charge in [0.05, 0.1) is 16.8 Å². The Balaban J connectivity index is 2.28. The summed E-state index contributed by atoms with van der Waals surface area (Å²) in [6.45, 7) is 0. The lowest BCUT2D eigenvalue weighted by atomic mass is 10.2. The van der Waals surface area contributed by atoms with Crippen molar-refractivity contribution in [2.45, 2.75) is 0 Å². The second-order valence-electron chi connectivity index (χ2n) is 4.11. The number of carboxylic acid groups (broad SMARTS) is 1. The van der Waals surface area contributed by atoms with Crippen molar-refractivity contribution in [3.05, 3.63) is 53.6 Å². The first kappa shape index (κ1) is 12.2. The van der Waals surface area contributed by atoms with Crippen LogP contribution in [-0.2, 0) is 0 Å². The molecule has 0 fully saturated rings. The van der Waals surface area contributed by atoms with Crippen LogP contribution in [-0.4, -0.2) is 26.1 Å². The molecular weight excluding hydrogens is 268 g/mol. The van der Waals surface area contributed by atoms with Crippen molar-refractivity contribution in [1.82, 2.24) is 15.0 Å². The van der Waals surface area contributed by atoms with E-state index in [-0.39, 0.29) is 16.8 Å². The molecule has 5 nitrogen and oxygen atoms in total. The number of benzene rings is 2. The summed E-state index contributed by atoms with van der Waals surface area (Å²) in [4.78, 5) is 11.1. The highest BCUT2D eigenvalue weighted by atomic mass is 19.1. The van der Waals surface area contributed by atoms with Gasteiger partial charge in [0, 0.05) is 6.07 Å². The van der Waals surface area contributed by atoms with Gasteiger partial charge in [-0.2, -0.15) is 0 Å². The minimum atomic E-state index is -1.15. The van der Waals surface area contributed by atoms with Crippen LogP contribution >= 0.6 is 0 Å². The van der Waals surface area contributed by atoms with E-state index in [1.165, 1.54) is 16.8 Å². The first-order valence-corrected chi connectivity index (χ1v) is 5.60.